The van der Waals surface area contributed by atoms with Crippen molar-refractivity contribution in [3.05, 3.63) is 52.1 Å². The molecule has 0 radical (unpaired) electrons. The molecule has 24 heavy (non-hydrogen) atoms. The topological polar surface area (TPSA) is 54.0 Å². The molecule has 0 spiro atoms. The number of hydrogen-bond acceptors (Lipinski definition) is 3. The molecule has 0 bridgehead atoms. The van der Waals surface area contributed by atoms with Gasteiger partial charge in [-0.25, -0.2) is 4.98 Å². The number of pyridine rings is 1. The van der Waals surface area contributed by atoms with E-state index in [1.807, 2.05) is 30.3 Å². The number of hydrogen-bond donors (Lipinski definition) is 2. The third-order valence-corrected chi connectivity index (χ3v) is 4.06. The predicted octanol–water partition coefficient (Wildman–Crippen LogP) is 5.10. The third kappa shape index (κ3) is 5.06. The fourth-order valence-corrected chi connectivity index (χ4v) is 2.71. The summed E-state index contributed by atoms with van der Waals surface area (Å²) in [5.41, 5.74) is 2.58. The van der Waals surface area contributed by atoms with Crippen molar-refractivity contribution in [1.29, 1.82) is 0 Å². The fraction of sp³-hybridized carbons (Fsp3) is 0.368. The molecule has 2 aromatic rings. The molecule has 1 aromatic heterocycles. The van der Waals surface area contributed by atoms with Gasteiger partial charge in [-0.15, -0.1) is 0 Å². The second-order valence-corrected chi connectivity index (χ2v) is 7.47. The maximum atomic E-state index is 12.4. The monoisotopic (exact) mass is 389 g/mol. The first kappa shape index (κ1) is 18.5. The first-order chi connectivity index (χ1) is 11.4. The lowest BCUT2D eigenvalue weighted by molar-refractivity contribution is 0.0947. The maximum absolute atomic E-state index is 12.4. The third-order valence-electron chi connectivity index (χ3n) is 3.57. The zero-order valence-corrected chi connectivity index (χ0v) is 16.1. The quantitative estimate of drug-likeness (QED) is 0.722. The number of aromatic nitrogens is 1. The number of halogens is 1. The summed E-state index contributed by atoms with van der Waals surface area (Å²) in [6, 6.07) is 9.85. The van der Waals surface area contributed by atoms with Gasteiger partial charge < -0.3 is 10.6 Å². The van der Waals surface area contributed by atoms with Gasteiger partial charge in [0, 0.05) is 22.9 Å². The van der Waals surface area contributed by atoms with Crippen LogP contribution in [0.4, 0.5) is 11.5 Å². The van der Waals surface area contributed by atoms with Crippen molar-refractivity contribution in [2.75, 3.05) is 11.9 Å². The maximum Gasteiger partial charge on any atom is 0.253 e. The first-order valence-electron chi connectivity index (χ1n) is 8.17. The minimum Gasteiger partial charge on any atom is -0.352 e. The summed E-state index contributed by atoms with van der Waals surface area (Å²) in [6.07, 6.45) is 1.66. The lowest BCUT2D eigenvalue weighted by atomic mass is 9.98. The number of amides is 1. The van der Waals surface area contributed by atoms with E-state index >= 15 is 0 Å². The number of anilines is 2. The summed E-state index contributed by atoms with van der Waals surface area (Å²) in [5.74, 6) is 1.32. The lowest BCUT2D eigenvalue weighted by Gasteiger charge is -2.15. The van der Waals surface area contributed by atoms with E-state index in [-0.39, 0.29) is 11.8 Å². The Kier molecular flexibility index (Phi) is 6.37. The molecule has 2 N–H and O–H groups in total. The average molecular weight is 390 g/mol. The van der Waals surface area contributed by atoms with Crippen LogP contribution in [0.1, 0.15) is 49.5 Å². The highest BCUT2D eigenvalue weighted by molar-refractivity contribution is 9.10. The molecule has 2 rings (SSSR count). The van der Waals surface area contributed by atoms with Crippen molar-refractivity contribution >= 4 is 33.3 Å². The molecular weight excluding hydrogens is 366 g/mol. The highest BCUT2D eigenvalue weighted by Crippen LogP contribution is 2.25. The summed E-state index contributed by atoms with van der Waals surface area (Å²) in [7, 11) is 0. The van der Waals surface area contributed by atoms with Gasteiger partial charge in [-0.3, -0.25) is 4.79 Å². The van der Waals surface area contributed by atoms with Crippen LogP contribution >= 0.6 is 15.9 Å². The van der Waals surface area contributed by atoms with E-state index in [0.717, 1.165) is 21.5 Å². The van der Waals surface area contributed by atoms with E-state index in [1.54, 1.807) is 6.20 Å². The zero-order chi connectivity index (χ0) is 17.7. The molecule has 5 heteroatoms. The van der Waals surface area contributed by atoms with Gasteiger partial charge in [0.1, 0.15) is 5.82 Å². The van der Waals surface area contributed by atoms with E-state index in [0.29, 0.717) is 18.0 Å². The van der Waals surface area contributed by atoms with E-state index in [9.17, 15) is 4.79 Å². The van der Waals surface area contributed by atoms with Crippen LogP contribution in [0.5, 0.6) is 0 Å². The van der Waals surface area contributed by atoms with Crippen LogP contribution in [0.2, 0.25) is 0 Å². The average Bonchev–Trinajstić information content (AvgIpc) is 2.52. The van der Waals surface area contributed by atoms with Crippen LogP contribution in [-0.2, 0) is 0 Å². The Morgan fingerprint density at radius 1 is 1.21 bits per heavy atom. The van der Waals surface area contributed by atoms with Gasteiger partial charge in [0.05, 0.1) is 5.56 Å². The molecule has 0 aliphatic rings. The van der Waals surface area contributed by atoms with Gasteiger partial charge in [-0.2, -0.15) is 0 Å². The van der Waals surface area contributed by atoms with Crippen LogP contribution in [-0.4, -0.2) is 17.4 Å². The normalized spacial score (nSPS) is 11.0. The van der Waals surface area contributed by atoms with E-state index in [4.69, 9.17) is 0 Å². The summed E-state index contributed by atoms with van der Waals surface area (Å²) in [5, 5.41) is 6.25. The lowest BCUT2D eigenvalue weighted by Crippen LogP contribution is -2.28. The zero-order valence-electron chi connectivity index (χ0n) is 14.6. The summed E-state index contributed by atoms with van der Waals surface area (Å²) in [4.78, 5) is 16.8. The van der Waals surface area contributed by atoms with Crippen molar-refractivity contribution in [2.24, 2.45) is 5.92 Å². The Labute approximate surface area is 152 Å². The van der Waals surface area contributed by atoms with Gasteiger partial charge in [0.25, 0.3) is 5.91 Å². The van der Waals surface area contributed by atoms with E-state index in [1.165, 1.54) is 0 Å². The molecule has 1 amide bonds. The molecule has 1 heterocycles. The first-order valence-corrected chi connectivity index (χ1v) is 8.97. The Morgan fingerprint density at radius 2 is 1.96 bits per heavy atom. The molecule has 1 aromatic carbocycles. The largest absolute Gasteiger partial charge is 0.352 e. The molecule has 4 nitrogen and oxygen atoms in total. The van der Waals surface area contributed by atoms with Crippen LogP contribution in [0.15, 0.2) is 41.0 Å². The number of nitrogens with zero attached hydrogens (tertiary/aromatic N) is 1. The number of nitrogens with one attached hydrogen (secondary N) is 2. The molecule has 0 atom stereocenters. The number of benzene rings is 1. The van der Waals surface area contributed by atoms with Crippen molar-refractivity contribution in [1.82, 2.24) is 10.3 Å². The van der Waals surface area contributed by atoms with Gasteiger partial charge in [0.2, 0.25) is 0 Å². The molecule has 0 unspecified atom stereocenters. The van der Waals surface area contributed by atoms with Crippen LogP contribution in [0, 0.1) is 5.92 Å². The summed E-state index contributed by atoms with van der Waals surface area (Å²) < 4.78 is 1.00. The SMILES string of the molecule is CC(C)CNC(=O)c1cnc(Nc2cccc(Br)c2)cc1C(C)C. The second-order valence-electron chi connectivity index (χ2n) is 6.55. The Morgan fingerprint density at radius 3 is 2.58 bits per heavy atom. The number of carbonyl (C=O) groups is 1. The minimum absolute atomic E-state index is 0.0612. The predicted molar refractivity (Wildman–Crippen MR) is 103 cm³/mol. The molecular formula is C19H24BrN3O. The minimum atomic E-state index is -0.0612. The van der Waals surface area contributed by atoms with Crippen molar-refractivity contribution in [3.63, 3.8) is 0 Å². The molecule has 0 fully saturated rings. The standard InChI is InChI=1S/C19H24BrN3O/c1-12(2)10-22-19(24)17-11-21-18(9-16(17)13(3)4)23-15-7-5-6-14(20)8-15/h5-9,11-13H,10H2,1-4H3,(H,21,23)(H,22,24). The highest BCUT2D eigenvalue weighted by atomic mass is 79.9. The summed E-state index contributed by atoms with van der Waals surface area (Å²) in [6.45, 7) is 8.98. The molecule has 0 saturated carbocycles. The Bertz CT molecular complexity index is 714. The van der Waals surface area contributed by atoms with Crippen molar-refractivity contribution in [3.8, 4) is 0 Å². The molecule has 0 saturated heterocycles. The van der Waals surface area contributed by atoms with Crippen LogP contribution < -0.4 is 10.6 Å². The Balaban J connectivity index is 2.24. The van der Waals surface area contributed by atoms with Gasteiger partial charge in [-0.1, -0.05) is 49.7 Å². The van der Waals surface area contributed by atoms with Crippen LogP contribution in [0.25, 0.3) is 0 Å². The fourth-order valence-electron chi connectivity index (χ4n) is 2.31. The smallest absolute Gasteiger partial charge is 0.253 e. The van der Waals surface area contributed by atoms with Crippen LogP contribution in [0.3, 0.4) is 0 Å². The van der Waals surface area contributed by atoms with Crippen molar-refractivity contribution in [2.45, 2.75) is 33.6 Å². The van der Waals surface area contributed by atoms with E-state index < -0.39 is 0 Å². The number of rotatable bonds is 6. The second kappa shape index (κ2) is 8.29. The van der Waals surface area contributed by atoms with E-state index in [2.05, 4.69) is 59.2 Å². The van der Waals surface area contributed by atoms with Crippen molar-refractivity contribution < 1.29 is 4.79 Å². The van der Waals surface area contributed by atoms with Gasteiger partial charge in [0.15, 0.2) is 0 Å². The summed E-state index contributed by atoms with van der Waals surface area (Å²) >= 11 is 3.46. The molecule has 0 aliphatic heterocycles. The van der Waals surface area contributed by atoms with Gasteiger partial charge in [-0.05, 0) is 41.7 Å². The highest BCUT2D eigenvalue weighted by Gasteiger charge is 2.15. The van der Waals surface area contributed by atoms with Gasteiger partial charge >= 0.3 is 0 Å². The number of carbonyl (C=O) groups excluding carboxylic acids is 1. The molecule has 0 aliphatic carbocycles. The molecule has 128 valence electrons. The Hall–Kier alpha value is -1.88.